The molecule has 0 radical (unpaired) electrons. The van der Waals surface area contributed by atoms with Gasteiger partial charge in [0, 0.05) is 12.5 Å². The van der Waals surface area contributed by atoms with Crippen LogP contribution in [0.3, 0.4) is 0 Å². The van der Waals surface area contributed by atoms with Gasteiger partial charge in [0.05, 0.1) is 6.07 Å². The third kappa shape index (κ3) is 2.74. The largest absolute Gasteiger partial charge is 0.438 e. The number of nitrogens with one attached hydrogen (secondary N) is 1. The first-order valence-electron chi connectivity index (χ1n) is 5.62. The van der Waals surface area contributed by atoms with Gasteiger partial charge < -0.3 is 9.72 Å². The maximum absolute atomic E-state index is 13.1. The minimum atomic E-state index is -0.392. The highest BCUT2D eigenvalue weighted by atomic mass is 19.1. The fourth-order valence-electron chi connectivity index (χ4n) is 1.50. The van der Waals surface area contributed by atoms with Crippen LogP contribution in [-0.4, -0.2) is 9.97 Å². The summed E-state index contributed by atoms with van der Waals surface area (Å²) in [6.07, 6.45) is 0.592. The maximum Gasteiger partial charge on any atom is 0.254 e. The van der Waals surface area contributed by atoms with Gasteiger partial charge in [-0.1, -0.05) is 13.0 Å². The minimum absolute atomic E-state index is 0.171. The molecule has 2 rings (SSSR count). The molecule has 4 nitrogen and oxygen atoms in total. The summed E-state index contributed by atoms with van der Waals surface area (Å²) >= 11 is 0. The smallest absolute Gasteiger partial charge is 0.254 e. The Labute approximate surface area is 103 Å². The van der Waals surface area contributed by atoms with Gasteiger partial charge in [0.15, 0.2) is 0 Å². The number of ether oxygens (including phenoxy) is 1. The van der Waals surface area contributed by atoms with Crippen molar-refractivity contribution in [3.8, 4) is 11.6 Å². The number of benzene rings is 1. The Morgan fingerprint density at radius 2 is 2.17 bits per heavy atom. The van der Waals surface area contributed by atoms with Crippen LogP contribution in [0.4, 0.5) is 4.39 Å². The van der Waals surface area contributed by atoms with Gasteiger partial charge in [-0.05, 0) is 18.6 Å². The molecule has 0 spiro atoms. The molecule has 1 aromatic carbocycles. The van der Waals surface area contributed by atoms with Crippen LogP contribution in [0.1, 0.15) is 18.3 Å². The van der Waals surface area contributed by atoms with Gasteiger partial charge in [-0.25, -0.2) is 4.39 Å². The quantitative estimate of drug-likeness (QED) is 0.908. The summed E-state index contributed by atoms with van der Waals surface area (Å²) in [6, 6.07) is 5.47. The molecule has 5 heteroatoms. The number of aromatic amines is 1. The number of hydrogen-bond acceptors (Lipinski definition) is 3. The van der Waals surface area contributed by atoms with Crippen molar-refractivity contribution in [1.82, 2.24) is 9.97 Å². The molecule has 94 valence electrons. The van der Waals surface area contributed by atoms with E-state index < -0.39 is 5.82 Å². The minimum Gasteiger partial charge on any atom is -0.438 e. The molecule has 0 atom stereocenters. The van der Waals surface area contributed by atoms with Crippen molar-refractivity contribution < 1.29 is 9.13 Å². The van der Waals surface area contributed by atoms with E-state index in [1.807, 2.05) is 6.92 Å². The van der Waals surface area contributed by atoms with Gasteiger partial charge in [0.2, 0.25) is 5.88 Å². The second-order valence-corrected chi connectivity index (χ2v) is 3.90. The van der Waals surface area contributed by atoms with E-state index in [1.165, 1.54) is 18.2 Å². The highest BCUT2D eigenvalue weighted by Gasteiger charge is 2.06. The Hall–Kier alpha value is -2.17. The summed E-state index contributed by atoms with van der Waals surface area (Å²) in [6.45, 7) is 3.66. The zero-order valence-electron chi connectivity index (χ0n) is 10.2. The van der Waals surface area contributed by atoms with Crippen molar-refractivity contribution in [2.45, 2.75) is 20.3 Å². The molecule has 1 N–H and O–H groups in total. The molecule has 18 heavy (non-hydrogen) atoms. The second kappa shape index (κ2) is 5.00. The Bertz CT molecular complexity index is 623. The second-order valence-electron chi connectivity index (χ2n) is 3.90. The molecule has 0 unspecified atom stereocenters. The van der Waals surface area contributed by atoms with Gasteiger partial charge in [-0.15, -0.1) is 0 Å². The van der Waals surface area contributed by atoms with Gasteiger partial charge in [-0.3, -0.25) is 4.79 Å². The van der Waals surface area contributed by atoms with E-state index in [0.29, 0.717) is 18.0 Å². The third-order valence-electron chi connectivity index (χ3n) is 2.47. The van der Waals surface area contributed by atoms with Crippen LogP contribution in [0.25, 0.3) is 0 Å². The average Bonchev–Trinajstić information content (AvgIpc) is 2.33. The first-order chi connectivity index (χ1) is 8.58. The normalized spacial score (nSPS) is 10.4. The summed E-state index contributed by atoms with van der Waals surface area (Å²) < 4.78 is 18.5. The molecule has 0 bridgehead atoms. The van der Waals surface area contributed by atoms with Crippen molar-refractivity contribution >= 4 is 0 Å². The van der Waals surface area contributed by atoms with E-state index in [1.54, 1.807) is 13.0 Å². The highest BCUT2D eigenvalue weighted by Crippen LogP contribution is 2.23. The number of hydrogen-bond donors (Lipinski definition) is 1. The molecule has 1 aromatic heterocycles. The van der Waals surface area contributed by atoms with Crippen LogP contribution in [0.2, 0.25) is 0 Å². The topological polar surface area (TPSA) is 55.0 Å². The molecule has 0 amide bonds. The molecular formula is C13H13FN2O2. The summed E-state index contributed by atoms with van der Waals surface area (Å²) in [5.74, 6) is 0.669. The van der Waals surface area contributed by atoms with Crippen LogP contribution >= 0.6 is 0 Å². The Balaban J connectivity index is 2.36. The van der Waals surface area contributed by atoms with Gasteiger partial charge in [0.25, 0.3) is 5.56 Å². The molecule has 0 saturated heterocycles. The lowest BCUT2D eigenvalue weighted by Crippen LogP contribution is -2.10. The number of nitrogens with zero attached hydrogens (tertiary/aromatic N) is 1. The van der Waals surface area contributed by atoms with Crippen molar-refractivity contribution in [3.05, 3.63) is 51.8 Å². The number of aryl methyl sites for hydroxylation is 2. The first-order valence-corrected chi connectivity index (χ1v) is 5.62. The monoisotopic (exact) mass is 248 g/mol. The summed E-state index contributed by atoms with van der Waals surface area (Å²) in [5, 5.41) is 0. The standard InChI is InChI=1S/C13H13FN2O2/c1-3-11-15-12(17)7-13(16-11)18-10-6-9(14)5-4-8(10)2/h4-7H,3H2,1-2H3,(H,15,16,17). The summed E-state index contributed by atoms with van der Waals surface area (Å²) in [7, 11) is 0. The molecule has 0 fully saturated rings. The maximum atomic E-state index is 13.1. The zero-order chi connectivity index (χ0) is 13.1. The van der Waals surface area contributed by atoms with Crippen molar-refractivity contribution in [3.63, 3.8) is 0 Å². The molecular weight excluding hydrogens is 235 g/mol. The fourth-order valence-corrected chi connectivity index (χ4v) is 1.50. The Kier molecular flexibility index (Phi) is 3.41. The highest BCUT2D eigenvalue weighted by molar-refractivity contribution is 5.35. The van der Waals surface area contributed by atoms with E-state index in [4.69, 9.17) is 4.74 Å². The predicted octanol–water partition coefficient (Wildman–Crippen LogP) is 2.57. The number of H-pyrrole nitrogens is 1. The van der Waals surface area contributed by atoms with Crippen LogP contribution < -0.4 is 10.3 Å². The Morgan fingerprint density at radius 3 is 2.89 bits per heavy atom. The van der Waals surface area contributed by atoms with E-state index >= 15 is 0 Å². The van der Waals surface area contributed by atoms with E-state index in [2.05, 4.69) is 9.97 Å². The lowest BCUT2D eigenvalue weighted by Gasteiger charge is -2.08. The molecule has 2 aromatic rings. The molecule has 0 aliphatic heterocycles. The number of rotatable bonds is 3. The van der Waals surface area contributed by atoms with E-state index in [0.717, 1.165) is 5.56 Å². The predicted molar refractivity (Wildman–Crippen MR) is 65.4 cm³/mol. The van der Waals surface area contributed by atoms with Crippen LogP contribution in [-0.2, 0) is 6.42 Å². The van der Waals surface area contributed by atoms with Gasteiger partial charge in [0.1, 0.15) is 17.4 Å². The van der Waals surface area contributed by atoms with Crippen LogP contribution in [0, 0.1) is 12.7 Å². The third-order valence-corrected chi connectivity index (χ3v) is 2.47. The molecule has 0 aliphatic rings. The van der Waals surface area contributed by atoms with Crippen LogP contribution in [0.15, 0.2) is 29.1 Å². The van der Waals surface area contributed by atoms with Crippen molar-refractivity contribution in [1.29, 1.82) is 0 Å². The molecule has 1 heterocycles. The molecule has 0 saturated carbocycles. The number of aromatic nitrogens is 2. The van der Waals surface area contributed by atoms with Gasteiger partial charge >= 0.3 is 0 Å². The van der Waals surface area contributed by atoms with Crippen molar-refractivity contribution in [2.75, 3.05) is 0 Å². The van der Waals surface area contributed by atoms with Crippen LogP contribution in [0.5, 0.6) is 11.6 Å². The number of halogens is 1. The lowest BCUT2D eigenvalue weighted by atomic mass is 10.2. The van der Waals surface area contributed by atoms with E-state index in [9.17, 15) is 9.18 Å². The van der Waals surface area contributed by atoms with E-state index in [-0.39, 0.29) is 11.4 Å². The van der Waals surface area contributed by atoms with Gasteiger partial charge in [-0.2, -0.15) is 4.98 Å². The fraction of sp³-hybridized carbons (Fsp3) is 0.231. The summed E-state index contributed by atoms with van der Waals surface area (Å²) in [5.41, 5.74) is 0.488. The zero-order valence-corrected chi connectivity index (χ0v) is 10.2. The first kappa shape index (κ1) is 12.3. The molecule has 0 aliphatic carbocycles. The van der Waals surface area contributed by atoms with Crippen molar-refractivity contribution in [2.24, 2.45) is 0 Å². The average molecular weight is 248 g/mol. The SMILES string of the molecule is CCc1nc(Oc2cc(F)ccc2C)cc(=O)[nH]1. The lowest BCUT2D eigenvalue weighted by molar-refractivity contribution is 0.450. The Morgan fingerprint density at radius 1 is 1.39 bits per heavy atom. The summed E-state index contributed by atoms with van der Waals surface area (Å²) in [4.78, 5) is 18.1.